The topological polar surface area (TPSA) is 53.4 Å². The van der Waals surface area contributed by atoms with Gasteiger partial charge in [-0.15, -0.1) is 0 Å². The van der Waals surface area contributed by atoms with E-state index in [0.717, 1.165) is 38.2 Å². The zero-order chi connectivity index (χ0) is 13.0. The Morgan fingerprint density at radius 2 is 2.44 bits per heavy atom. The lowest BCUT2D eigenvalue weighted by molar-refractivity contribution is 0.101. The molecule has 1 atom stereocenters. The van der Waals surface area contributed by atoms with E-state index in [0.29, 0.717) is 11.5 Å². The van der Waals surface area contributed by atoms with Crippen molar-refractivity contribution < 1.29 is 9.90 Å². The number of hydrogen-bond acceptors (Lipinski definition) is 4. The highest BCUT2D eigenvalue weighted by molar-refractivity contribution is 5.98. The fourth-order valence-corrected chi connectivity index (χ4v) is 2.60. The van der Waals surface area contributed by atoms with Crippen LogP contribution >= 0.6 is 0 Å². The molecule has 1 aliphatic heterocycles. The Bertz CT molecular complexity index is 418. The van der Waals surface area contributed by atoms with Gasteiger partial charge in [0.05, 0.1) is 5.56 Å². The van der Waals surface area contributed by atoms with Crippen LogP contribution in [0.25, 0.3) is 0 Å². The second-order valence-corrected chi connectivity index (χ2v) is 4.90. The third-order valence-corrected chi connectivity index (χ3v) is 3.52. The van der Waals surface area contributed by atoms with E-state index in [2.05, 4.69) is 9.88 Å². The average molecular weight is 248 g/mol. The summed E-state index contributed by atoms with van der Waals surface area (Å²) < 4.78 is 0. The van der Waals surface area contributed by atoms with Gasteiger partial charge in [0, 0.05) is 25.9 Å². The van der Waals surface area contributed by atoms with Crippen molar-refractivity contribution in [3.63, 3.8) is 0 Å². The van der Waals surface area contributed by atoms with Crippen molar-refractivity contribution in [3.8, 4) is 0 Å². The van der Waals surface area contributed by atoms with Crippen molar-refractivity contribution in [1.82, 2.24) is 4.98 Å². The molecule has 1 N–H and O–H groups in total. The minimum atomic E-state index is 0.0578. The van der Waals surface area contributed by atoms with E-state index in [1.165, 1.54) is 0 Å². The predicted octanol–water partition coefficient (Wildman–Crippen LogP) is 1.88. The molecule has 0 aliphatic carbocycles. The molecule has 1 saturated heterocycles. The van der Waals surface area contributed by atoms with Gasteiger partial charge < -0.3 is 10.0 Å². The van der Waals surface area contributed by atoms with Gasteiger partial charge in [0.2, 0.25) is 0 Å². The number of aliphatic hydroxyl groups is 1. The fraction of sp³-hybridized carbons (Fsp3) is 0.571. The molecule has 98 valence electrons. The molecule has 1 aliphatic rings. The molecule has 4 nitrogen and oxygen atoms in total. The summed E-state index contributed by atoms with van der Waals surface area (Å²) in [5.74, 6) is 1.36. The maximum absolute atomic E-state index is 11.6. The van der Waals surface area contributed by atoms with Crippen molar-refractivity contribution in [2.45, 2.75) is 26.2 Å². The first-order chi connectivity index (χ1) is 8.72. The molecule has 2 rings (SSSR count). The average Bonchev–Trinajstić information content (AvgIpc) is 2.39. The summed E-state index contributed by atoms with van der Waals surface area (Å²) in [6.45, 7) is 3.65. The molecule has 0 saturated carbocycles. The molecular weight excluding hydrogens is 228 g/mol. The quantitative estimate of drug-likeness (QED) is 0.827. The number of aliphatic hydroxyl groups excluding tert-OH is 1. The van der Waals surface area contributed by atoms with Crippen molar-refractivity contribution in [2.75, 3.05) is 24.6 Å². The maximum Gasteiger partial charge on any atom is 0.163 e. The number of aromatic nitrogens is 1. The minimum absolute atomic E-state index is 0.0578. The van der Waals surface area contributed by atoms with Crippen LogP contribution in [-0.4, -0.2) is 35.6 Å². The van der Waals surface area contributed by atoms with E-state index in [1.807, 2.05) is 6.07 Å². The molecule has 0 aromatic carbocycles. The van der Waals surface area contributed by atoms with Gasteiger partial charge in [-0.1, -0.05) is 0 Å². The summed E-state index contributed by atoms with van der Waals surface area (Å²) in [5, 5.41) is 9.03. The SMILES string of the molecule is CC(=O)c1cccnc1N1CCCC(CCO)C1. The summed E-state index contributed by atoms with van der Waals surface area (Å²) in [7, 11) is 0. The molecule has 1 fully saturated rings. The highest BCUT2D eigenvalue weighted by atomic mass is 16.3. The first-order valence-corrected chi connectivity index (χ1v) is 6.54. The van der Waals surface area contributed by atoms with Gasteiger partial charge in [0.25, 0.3) is 0 Å². The number of hydrogen-bond donors (Lipinski definition) is 1. The van der Waals surface area contributed by atoms with Gasteiger partial charge in [-0.2, -0.15) is 0 Å². The lowest BCUT2D eigenvalue weighted by Crippen LogP contribution is -2.37. The van der Waals surface area contributed by atoms with Crippen molar-refractivity contribution in [2.24, 2.45) is 5.92 Å². The van der Waals surface area contributed by atoms with Gasteiger partial charge in [-0.05, 0) is 44.2 Å². The third-order valence-electron chi connectivity index (χ3n) is 3.52. The summed E-state index contributed by atoms with van der Waals surface area (Å²) in [6, 6.07) is 3.63. The molecule has 18 heavy (non-hydrogen) atoms. The van der Waals surface area contributed by atoms with Crippen LogP contribution in [0, 0.1) is 5.92 Å². The van der Waals surface area contributed by atoms with Gasteiger partial charge in [0.15, 0.2) is 5.78 Å². The number of carbonyl (C=O) groups excluding carboxylic acids is 1. The van der Waals surface area contributed by atoms with Gasteiger partial charge in [-0.3, -0.25) is 4.79 Å². The van der Waals surface area contributed by atoms with Crippen LogP contribution in [0.15, 0.2) is 18.3 Å². The Labute approximate surface area is 108 Å². The van der Waals surface area contributed by atoms with Crippen LogP contribution in [0.2, 0.25) is 0 Å². The first-order valence-electron chi connectivity index (χ1n) is 6.54. The standard InChI is InChI=1S/C14H20N2O2/c1-11(18)13-5-2-7-15-14(13)16-8-3-4-12(10-16)6-9-17/h2,5,7,12,17H,3-4,6,8-10H2,1H3. The Kier molecular flexibility index (Phi) is 4.31. The number of rotatable bonds is 4. The Morgan fingerprint density at radius 3 is 3.17 bits per heavy atom. The van der Waals surface area contributed by atoms with Crippen LogP contribution in [0.5, 0.6) is 0 Å². The van der Waals surface area contributed by atoms with E-state index in [-0.39, 0.29) is 12.4 Å². The van der Waals surface area contributed by atoms with E-state index in [4.69, 9.17) is 5.11 Å². The molecular formula is C14H20N2O2. The molecule has 2 heterocycles. The summed E-state index contributed by atoms with van der Waals surface area (Å²) in [6.07, 6.45) is 4.81. The van der Waals surface area contributed by atoms with E-state index in [1.54, 1.807) is 19.2 Å². The third kappa shape index (κ3) is 2.88. The van der Waals surface area contributed by atoms with Gasteiger partial charge >= 0.3 is 0 Å². The highest BCUT2D eigenvalue weighted by Gasteiger charge is 2.23. The smallest absolute Gasteiger partial charge is 0.163 e. The molecule has 1 aromatic heterocycles. The maximum atomic E-state index is 11.6. The van der Waals surface area contributed by atoms with Crippen LogP contribution in [0.1, 0.15) is 36.5 Å². The van der Waals surface area contributed by atoms with Crippen LogP contribution < -0.4 is 4.90 Å². The van der Waals surface area contributed by atoms with E-state index < -0.39 is 0 Å². The number of anilines is 1. The Hall–Kier alpha value is -1.42. The first kappa shape index (κ1) is 13.0. The molecule has 1 unspecified atom stereocenters. The van der Waals surface area contributed by atoms with Crippen LogP contribution in [-0.2, 0) is 0 Å². The lowest BCUT2D eigenvalue weighted by Gasteiger charge is -2.34. The molecule has 0 spiro atoms. The number of Topliss-reactive ketones (excluding diaryl/α,β-unsaturated/α-hetero) is 1. The Balaban J connectivity index is 2.18. The number of ketones is 1. The molecule has 1 aromatic rings. The number of nitrogens with zero attached hydrogens (tertiary/aromatic N) is 2. The van der Waals surface area contributed by atoms with E-state index in [9.17, 15) is 4.79 Å². The number of carbonyl (C=O) groups is 1. The normalized spacial score (nSPS) is 19.9. The van der Waals surface area contributed by atoms with Crippen molar-refractivity contribution in [1.29, 1.82) is 0 Å². The molecule has 0 amide bonds. The molecule has 4 heteroatoms. The number of pyridine rings is 1. The monoisotopic (exact) mass is 248 g/mol. The summed E-state index contributed by atoms with van der Waals surface area (Å²) in [5.41, 5.74) is 0.696. The predicted molar refractivity (Wildman–Crippen MR) is 70.9 cm³/mol. The zero-order valence-electron chi connectivity index (χ0n) is 10.8. The summed E-state index contributed by atoms with van der Waals surface area (Å²) in [4.78, 5) is 18.2. The second kappa shape index (κ2) is 5.96. The minimum Gasteiger partial charge on any atom is -0.396 e. The highest BCUT2D eigenvalue weighted by Crippen LogP contribution is 2.26. The second-order valence-electron chi connectivity index (χ2n) is 4.90. The van der Waals surface area contributed by atoms with Crippen molar-refractivity contribution >= 4 is 11.6 Å². The van der Waals surface area contributed by atoms with Gasteiger partial charge in [-0.25, -0.2) is 4.98 Å². The molecule has 0 radical (unpaired) electrons. The van der Waals surface area contributed by atoms with Crippen molar-refractivity contribution in [3.05, 3.63) is 23.9 Å². The Morgan fingerprint density at radius 1 is 1.61 bits per heavy atom. The van der Waals surface area contributed by atoms with Crippen LogP contribution in [0.3, 0.4) is 0 Å². The zero-order valence-corrected chi connectivity index (χ0v) is 10.8. The molecule has 0 bridgehead atoms. The lowest BCUT2D eigenvalue weighted by atomic mass is 9.95. The van der Waals surface area contributed by atoms with E-state index >= 15 is 0 Å². The largest absolute Gasteiger partial charge is 0.396 e. The summed E-state index contributed by atoms with van der Waals surface area (Å²) >= 11 is 0. The van der Waals surface area contributed by atoms with Crippen LogP contribution in [0.4, 0.5) is 5.82 Å². The fourth-order valence-electron chi connectivity index (χ4n) is 2.60. The number of piperidine rings is 1. The van der Waals surface area contributed by atoms with Gasteiger partial charge in [0.1, 0.15) is 5.82 Å².